The van der Waals surface area contributed by atoms with Crippen molar-refractivity contribution in [2.24, 2.45) is 0 Å². The fourth-order valence-electron chi connectivity index (χ4n) is 2.11. The third-order valence-electron chi connectivity index (χ3n) is 2.90. The minimum absolute atomic E-state index is 0.136. The second kappa shape index (κ2) is 4.03. The van der Waals surface area contributed by atoms with Crippen LogP contribution in [-0.2, 0) is 24.2 Å². The third-order valence-corrected chi connectivity index (χ3v) is 2.90. The van der Waals surface area contributed by atoms with Gasteiger partial charge in [0.2, 0.25) is 0 Å². The Bertz CT molecular complexity index is 387. The molecule has 0 spiro atoms. The summed E-state index contributed by atoms with van der Waals surface area (Å²) in [7, 11) is 2.07. The molecule has 0 fully saturated rings. The van der Waals surface area contributed by atoms with Crippen molar-refractivity contribution >= 4 is 5.97 Å². The fourth-order valence-corrected chi connectivity index (χ4v) is 2.11. The van der Waals surface area contributed by atoms with Crippen LogP contribution >= 0.6 is 0 Å². The topological polar surface area (TPSA) is 40.5 Å². The summed E-state index contributed by atoms with van der Waals surface area (Å²) in [5.41, 5.74) is 3.49. The van der Waals surface area contributed by atoms with Gasteiger partial charge in [-0.15, -0.1) is 0 Å². The zero-order valence-corrected chi connectivity index (χ0v) is 8.86. The van der Waals surface area contributed by atoms with Crippen LogP contribution in [-0.4, -0.2) is 29.6 Å². The van der Waals surface area contributed by atoms with Gasteiger partial charge in [0, 0.05) is 13.1 Å². The van der Waals surface area contributed by atoms with Gasteiger partial charge in [0.1, 0.15) is 0 Å². The molecule has 3 nitrogen and oxygen atoms in total. The highest BCUT2D eigenvalue weighted by Crippen LogP contribution is 2.22. The summed E-state index contributed by atoms with van der Waals surface area (Å²) < 4.78 is 0. The van der Waals surface area contributed by atoms with Crippen molar-refractivity contribution in [3.63, 3.8) is 0 Å². The van der Waals surface area contributed by atoms with Gasteiger partial charge in [0.15, 0.2) is 0 Å². The molecule has 0 bridgehead atoms. The number of hydrogen-bond donors (Lipinski definition) is 1. The molecule has 0 aromatic heterocycles. The second-order valence-electron chi connectivity index (χ2n) is 4.11. The minimum atomic E-state index is -0.753. The molecule has 0 atom stereocenters. The molecule has 0 amide bonds. The number of hydrogen-bond acceptors (Lipinski definition) is 2. The van der Waals surface area contributed by atoms with Gasteiger partial charge in [0.05, 0.1) is 6.42 Å². The first kappa shape index (κ1) is 10.2. The maximum atomic E-state index is 10.7. The highest BCUT2D eigenvalue weighted by Gasteiger charge is 2.16. The molecule has 15 heavy (non-hydrogen) atoms. The molecule has 3 heteroatoms. The van der Waals surface area contributed by atoms with Crippen LogP contribution in [0.2, 0.25) is 0 Å². The minimum Gasteiger partial charge on any atom is -0.481 e. The summed E-state index contributed by atoms with van der Waals surface area (Å²) in [4.78, 5) is 13.0. The number of fused-ring (bicyclic) bond motifs is 1. The van der Waals surface area contributed by atoms with Crippen molar-refractivity contribution in [2.45, 2.75) is 19.4 Å². The van der Waals surface area contributed by atoms with Crippen LogP contribution in [0.25, 0.3) is 0 Å². The van der Waals surface area contributed by atoms with Gasteiger partial charge >= 0.3 is 5.97 Å². The molecule has 80 valence electrons. The fraction of sp³-hybridized carbons (Fsp3) is 0.417. The average molecular weight is 205 g/mol. The molecule has 1 aliphatic heterocycles. The first-order valence-electron chi connectivity index (χ1n) is 5.17. The van der Waals surface area contributed by atoms with Crippen LogP contribution in [0.4, 0.5) is 0 Å². The molecule has 1 aliphatic rings. The molecule has 1 heterocycles. The van der Waals surface area contributed by atoms with Crippen LogP contribution in [0.5, 0.6) is 0 Å². The van der Waals surface area contributed by atoms with Gasteiger partial charge in [0.25, 0.3) is 0 Å². The third kappa shape index (κ3) is 2.18. The molecule has 1 aromatic carbocycles. The molecule has 1 N–H and O–H groups in total. The summed E-state index contributed by atoms with van der Waals surface area (Å²) in [6.45, 7) is 1.93. The maximum Gasteiger partial charge on any atom is 0.307 e. The van der Waals surface area contributed by atoms with Gasteiger partial charge in [-0.3, -0.25) is 4.79 Å². The van der Waals surface area contributed by atoms with E-state index in [1.54, 1.807) is 0 Å². The normalized spacial score (nSPS) is 16.1. The molecule has 2 rings (SSSR count). The van der Waals surface area contributed by atoms with E-state index < -0.39 is 5.97 Å². The highest BCUT2D eigenvalue weighted by atomic mass is 16.4. The van der Waals surface area contributed by atoms with E-state index in [2.05, 4.69) is 18.0 Å². The van der Waals surface area contributed by atoms with Crippen molar-refractivity contribution in [3.05, 3.63) is 34.9 Å². The van der Waals surface area contributed by atoms with Gasteiger partial charge < -0.3 is 10.0 Å². The van der Waals surface area contributed by atoms with Crippen molar-refractivity contribution in [1.82, 2.24) is 4.90 Å². The zero-order valence-electron chi connectivity index (χ0n) is 8.86. The first-order chi connectivity index (χ1) is 7.16. The Kier molecular flexibility index (Phi) is 2.73. The number of aliphatic carboxylic acids is 1. The first-order valence-corrected chi connectivity index (χ1v) is 5.17. The molecule has 0 saturated heterocycles. The molecule has 0 unspecified atom stereocenters. The molecule has 1 aromatic rings. The largest absolute Gasteiger partial charge is 0.481 e. The Balaban J connectivity index is 2.35. The van der Waals surface area contributed by atoms with E-state index in [4.69, 9.17) is 5.11 Å². The van der Waals surface area contributed by atoms with Crippen molar-refractivity contribution in [1.29, 1.82) is 0 Å². The summed E-state index contributed by atoms with van der Waals surface area (Å²) in [6, 6.07) is 5.99. The molecule has 0 radical (unpaired) electrons. The number of nitrogens with zero attached hydrogens (tertiary/aromatic N) is 1. The van der Waals surface area contributed by atoms with Crippen molar-refractivity contribution in [2.75, 3.05) is 13.6 Å². The molecular weight excluding hydrogens is 190 g/mol. The van der Waals surface area contributed by atoms with E-state index in [0.717, 1.165) is 25.1 Å². The lowest BCUT2D eigenvalue weighted by atomic mass is 9.94. The molecule has 0 aliphatic carbocycles. The zero-order chi connectivity index (χ0) is 10.8. The number of likely N-dealkylation sites (N-methyl/N-ethyl adjacent to an activating group) is 1. The predicted octanol–water partition coefficient (Wildman–Crippen LogP) is 1.30. The van der Waals surface area contributed by atoms with Crippen LogP contribution in [0.15, 0.2) is 18.2 Å². The quantitative estimate of drug-likeness (QED) is 0.791. The van der Waals surface area contributed by atoms with Gasteiger partial charge in [-0.05, 0) is 30.2 Å². The lowest BCUT2D eigenvalue weighted by Gasteiger charge is -2.26. The van der Waals surface area contributed by atoms with Gasteiger partial charge in [-0.25, -0.2) is 0 Å². The summed E-state index contributed by atoms with van der Waals surface area (Å²) in [5.74, 6) is -0.753. The Labute approximate surface area is 89.3 Å². The number of carboxylic acid groups (broad SMARTS) is 1. The van der Waals surface area contributed by atoms with Crippen molar-refractivity contribution in [3.8, 4) is 0 Å². The number of carbonyl (C=O) groups is 1. The van der Waals surface area contributed by atoms with Crippen LogP contribution in [0, 0.1) is 0 Å². The van der Waals surface area contributed by atoms with Crippen molar-refractivity contribution < 1.29 is 9.90 Å². The summed E-state index contributed by atoms with van der Waals surface area (Å²) in [5, 5.41) is 8.82. The SMILES string of the molecule is CN1CCc2cccc(CC(=O)O)c2C1. The smallest absolute Gasteiger partial charge is 0.307 e. The molecular formula is C12H15NO2. The Morgan fingerprint density at radius 1 is 1.53 bits per heavy atom. The monoisotopic (exact) mass is 205 g/mol. The van der Waals surface area contributed by atoms with E-state index in [1.807, 2.05) is 12.1 Å². The van der Waals surface area contributed by atoms with Gasteiger partial charge in [-0.1, -0.05) is 18.2 Å². The lowest BCUT2D eigenvalue weighted by Crippen LogP contribution is -2.27. The summed E-state index contributed by atoms with van der Waals surface area (Å²) >= 11 is 0. The summed E-state index contributed by atoms with van der Waals surface area (Å²) in [6.07, 6.45) is 1.16. The number of carboxylic acids is 1. The van der Waals surface area contributed by atoms with E-state index in [0.29, 0.717) is 0 Å². The number of benzene rings is 1. The van der Waals surface area contributed by atoms with E-state index >= 15 is 0 Å². The van der Waals surface area contributed by atoms with Crippen LogP contribution < -0.4 is 0 Å². The maximum absolute atomic E-state index is 10.7. The Morgan fingerprint density at radius 2 is 2.33 bits per heavy atom. The Morgan fingerprint density at radius 3 is 3.07 bits per heavy atom. The standard InChI is InChI=1S/C12H15NO2/c1-13-6-5-9-3-2-4-10(7-12(14)15)11(9)8-13/h2-4H,5-8H2,1H3,(H,14,15). The van der Waals surface area contributed by atoms with Crippen LogP contribution in [0.3, 0.4) is 0 Å². The average Bonchev–Trinajstić information content (AvgIpc) is 2.18. The predicted molar refractivity (Wildman–Crippen MR) is 57.8 cm³/mol. The molecule has 0 saturated carbocycles. The Hall–Kier alpha value is -1.35. The van der Waals surface area contributed by atoms with E-state index in [9.17, 15) is 4.79 Å². The highest BCUT2D eigenvalue weighted by molar-refractivity contribution is 5.71. The second-order valence-corrected chi connectivity index (χ2v) is 4.11. The lowest BCUT2D eigenvalue weighted by molar-refractivity contribution is -0.136. The number of rotatable bonds is 2. The van der Waals surface area contributed by atoms with E-state index in [1.165, 1.54) is 11.1 Å². The van der Waals surface area contributed by atoms with E-state index in [-0.39, 0.29) is 6.42 Å². The van der Waals surface area contributed by atoms with Gasteiger partial charge in [-0.2, -0.15) is 0 Å². The van der Waals surface area contributed by atoms with Crippen LogP contribution in [0.1, 0.15) is 16.7 Å².